The number of halogens is 2. The summed E-state index contributed by atoms with van der Waals surface area (Å²) >= 11 is 3.43. The highest BCUT2D eigenvalue weighted by Crippen LogP contribution is 2.30. The van der Waals surface area contributed by atoms with Crippen molar-refractivity contribution in [2.24, 2.45) is 0 Å². The van der Waals surface area contributed by atoms with Crippen LogP contribution in [0.4, 0.5) is 4.39 Å². The normalized spacial score (nSPS) is 10.5. The first-order valence-corrected chi connectivity index (χ1v) is 6.76. The summed E-state index contributed by atoms with van der Waals surface area (Å²) in [5, 5.41) is 3.09. The molecule has 0 unspecified atom stereocenters. The van der Waals surface area contributed by atoms with Crippen molar-refractivity contribution in [1.82, 2.24) is 5.32 Å². The maximum absolute atomic E-state index is 13.3. The molecule has 0 bridgehead atoms. The van der Waals surface area contributed by atoms with Crippen LogP contribution in [-0.4, -0.2) is 7.05 Å². The number of hydrogen-bond acceptors (Lipinski definition) is 2. The van der Waals surface area contributed by atoms with Crippen molar-refractivity contribution in [3.05, 3.63) is 57.8 Å². The van der Waals surface area contributed by atoms with Gasteiger partial charge in [0.25, 0.3) is 0 Å². The van der Waals surface area contributed by atoms with Crippen molar-refractivity contribution >= 4 is 15.9 Å². The van der Waals surface area contributed by atoms with E-state index in [0.29, 0.717) is 12.3 Å². The molecule has 2 aromatic carbocycles. The lowest BCUT2D eigenvalue weighted by Crippen LogP contribution is -2.06. The molecular formula is C15H15BrFNO. The van der Waals surface area contributed by atoms with Crippen LogP contribution in [0.3, 0.4) is 0 Å². The van der Waals surface area contributed by atoms with Gasteiger partial charge in [-0.05, 0) is 43.8 Å². The summed E-state index contributed by atoms with van der Waals surface area (Å²) in [6, 6.07) is 10.3. The summed E-state index contributed by atoms with van der Waals surface area (Å²) in [6.45, 7) is 2.58. The van der Waals surface area contributed by atoms with Gasteiger partial charge in [0.15, 0.2) is 0 Å². The lowest BCUT2D eigenvalue weighted by Gasteiger charge is -2.13. The molecule has 0 radical (unpaired) electrons. The number of rotatable bonds is 4. The molecule has 0 amide bonds. The van der Waals surface area contributed by atoms with E-state index in [-0.39, 0.29) is 5.82 Å². The van der Waals surface area contributed by atoms with Crippen molar-refractivity contribution in [1.29, 1.82) is 0 Å². The third kappa shape index (κ3) is 3.55. The van der Waals surface area contributed by atoms with E-state index in [1.807, 2.05) is 32.2 Å². The molecule has 1 N–H and O–H groups in total. The Morgan fingerprint density at radius 1 is 1.16 bits per heavy atom. The number of nitrogens with one attached hydrogen (secondary N) is 1. The monoisotopic (exact) mass is 323 g/mol. The van der Waals surface area contributed by atoms with Gasteiger partial charge in [0, 0.05) is 22.6 Å². The fourth-order valence-electron chi connectivity index (χ4n) is 1.78. The molecule has 0 saturated carbocycles. The SMILES string of the molecule is CNCc1cc(Br)ccc1Oc1cc(F)ccc1C. The van der Waals surface area contributed by atoms with E-state index < -0.39 is 0 Å². The van der Waals surface area contributed by atoms with Gasteiger partial charge >= 0.3 is 0 Å². The van der Waals surface area contributed by atoms with Gasteiger partial charge < -0.3 is 10.1 Å². The van der Waals surface area contributed by atoms with E-state index in [4.69, 9.17) is 4.74 Å². The van der Waals surface area contributed by atoms with Crippen LogP contribution >= 0.6 is 15.9 Å². The molecule has 19 heavy (non-hydrogen) atoms. The molecule has 0 heterocycles. The fourth-order valence-corrected chi connectivity index (χ4v) is 2.19. The Hall–Kier alpha value is -1.39. The number of aryl methyl sites for hydroxylation is 1. The third-order valence-corrected chi connectivity index (χ3v) is 3.25. The zero-order valence-corrected chi connectivity index (χ0v) is 12.4. The second kappa shape index (κ2) is 6.17. The van der Waals surface area contributed by atoms with Crippen LogP contribution in [0.25, 0.3) is 0 Å². The Bertz CT molecular complexity index is 586. The van der Waals surface area contributed by atoms with Gasteiger partial charge in [0.2, 0.25) is 0 Å². The predicted octanol–water partition coefficient (Wildman–Crippen LogP) is 4.41. The molecule has 0 aliphatic rings. The maximum Gasteiger partial charge on any atom is 0.133 e. The maximum atomic E-state index is 13.3. The van der Waals surface area contributed by atoms with Crippen molar-refractivity contribution in [3.8, 4) is 11.5 Å². The molecule has 2 nitrogen and oxygen atoms in total. The topological polar surface area (TPSA) is 21.3 Å². The lowest BCUT2D eigenvalue weighted by atomic mass is 10.2. The lowest BCUT2D eigenvalue weighted by molar-refractivity contribution is 0.465. The van der Waals surface area contributed by atoms with Gasteiger partial charge in [-0.15, -0.1) is 0 Å². The average molecular weight is 324 g/mol. The minimum Gasteiger partial charge on any atom is -0.457 e. The average Bonchev–Trinajstić information content (AvgIpc) is 2.37. The van der Waals surface area contributed by atoms with E-state index in [2.05, 4.69) is 21.2 Å². The summed E-state index contributed by atoms with van der Waals surface area (Å²) in [7, 11) is 1.87. The molecule has 0 aliphatic carbocycles. The second-order valence-corrected chi connectivity index (χ2v) is 5.21. The summed E-state index contributed by atoms with van der Waals surface area (Å²) in [6.07, 6.45) is 0. The minimum absolute atomic E-state index is 0.298. The van der Waals surface area contributed by atoms with E-state index in [0.717, 1.165) is 21.3 Å². The fraction of sp³-hybridized carbons (Fsp3) is 0.200. The Labute approximate surface area is 120 Å². The standard InChI is InChI=1S/C15H15BrFNO/c1-10-3-5-13(17)8-15(10)19-14-6-4-12(16)7-11(14)9-18-2/h3-8,18H,9H2,1-2H3. The van der Waals surface area contributed by atoms with Gasteiger partial charge in [0.1, 0.15) is 17.3 Å². The molecule has 100 valence electrons. The molecule has 0 spiro atoms. The van der Waals surface area contributed by atoms with Crippen LogP contribution in [0.5, 0.6) is 11.5 Å². The number of ether oxygens (including phenoxy) is 1. The van der Waals surface area contributed by atoms with Crippen molar-refractivity contribution in [2.45, 2.75) is 13.5 Å². The predicted molar refractivity (Wildman–Crippen MR) is 78.1 cm³/mol. The first-order valence-electron chi connectivity index (χ1n) is 5.97. The van der Waals surface area contributed by atoms with Gasteiger partial charge in [-0.1, -0.05) is 22.0 Å². The third-order valence-electron chi connectivity index (χ3n) is 2.76. The summed E-state index contributed by atoms with van der Waals surface area (Å²) in [5.74, 6) is 0.971. The highest BCUT2D eigenvalue weighted by Gasteiger charge is 2.08. The summed E-state index contributed by atoms with van der Waals surface area (Å²) in [5.41, 5.74) is 1.92. The van der Waals surface area contributed by atoms with Gasteiger partial charge in [0.05, 0.1) is 0 Å². The Morgan fingerprint density at radius 3 is 2.68 bits per heavy atom. The largest absolute Gasteiger partial charge is 0.457 e. The molecule has 2 rings (SSSR count). The quantitative estimate of drug-likeness (QED) is 0.899. The zero-order valence-electron chi connectivity index (χ0n) is 10.8. The summed E-state index contributed by atoms with van der Waals surface area (Å²) in [4.78, 5) is 0. The highest BCUT2D eigenvalue weighted by molar-refractivity contribution is 9.10. The van der Waals surface area contributed by atoms with Gasteiger partial charge in [-0.25, -0.2) is 4.39 Å². The van der Waals surface area contributed by atoms with Gasteiger partial charge in [-0.2, -0.15) is 0 Å². The molecule has 0 aliphatic heterocycles. The highest BCUT2D eigenvalue weighted by atomic mass is 79.9. The molecular weight excluding hydrogens is 309 g/mol. The number of benzene rings is 2. The molecule has 0 saturated heterocycles. The van der Waals surface area contributed by atoms with Crippen molar-refractivity contribution in [2.75, 3.05) is 7.05 Å². The van der Waals surface area contributed by atoms with Crippen LogP contribution in [-0.2, 0) is 6.54 Å². The minimum atomic E-state index is -0.298. The van der Waals surface area contributed by atoms with E-state index >= 15 is 0 Å². The van der Waals surface area contributed by atoms with Crippen molar-refractivity contribution in [3.63, 3.8) is 0 Å². The molecule has 4 heteroatoms. The Morgan fingerprint density at radius 2 is 1.95 bits per heavy atom. The smallest absolute Gasteiger partial charge is 0.133 e. The van der Waals surface area contributed by atoms with Crippen LogP contribution < -0.4 is 10.1 Å². The molecule has 0 aromatic heterocycles. The Kier molecular flexibility index (Phi) is 4.56. The first kappa shape index (κ1) is 14.0. The first-order chi connectivity index (χ1) is 9.10. The summed E-state index contributed by atoms with van der Waals surface area (Å²) < 4.78 is 20.1. The van der Waals surface area contributed by atoms with Crippen LogP contribution in [0, 0.1) is 12.7 Å². The van der Waals surface area contributed by atoms with Crippen LogP contribution in [0.2, 0.25) is 0 Å². The molecule has 2 aromatic rings. The van der Waals surface area contributed by atoms with Crippen LogP contribution in [0.1, 0.15) is 11.1 Å². The van der Waals surface area contributed by atoms with Gasteiger partial charge in [-0.3, -0.25) is 0 Å². The van der Waals surface area contributed by atoms with Crippen molar-refractivity contribution < 1.29 is 9.13 Å². The molecule has 0 fully saturated rings. The van der Waals surface area contributed by atoms with E-state index in [9.17, 15) is 4.39 Å². The van der Waals surface area contributed by atoms with E-state index in [1.54, 1.807) is 6.07 Å². The zero-order chi connectivity index (χ0) is 13.8. The number of hydrogen-bond donors (Lipinski definition) is 1. The van der Waals surface area contributed by atoms with E-state index in [1.165, 1.54) is 12.1 Å². The van der Waals surface area contributed by atoms with Crippen LogP contribution in [0.15, 0.2) is 40.9 Å². The second-order valence-electron chi connectivity index (χ2n) is 4.29. The Balaban J connectivity index is 2.34. The molecule has 0 atom stereocenters.